The quantitative estimate of drug-likeness (QED) is 0.494. The molecule has 1 aromatic rings. The van der Waals surface area contributed by atoms with Gasteiger partial charge in [0.05, 0.1) is 7.11 Å². The zero-order valence-corrected chi connectivity index (χ0v) is 17.1. The lowest BCUT2D eigenvalue weighted by atomic mass is 9.98. The summed E-state index contributed by atoms with van der Waals surface area (Å²) >= 11 is 0. The largest absolute Gasteiger partial charge is 0.467 e. The maximum atomic E-state index is 13.2. The van der Waals surface area contributed by atoms with E-state index in [1.807, 2.05) is 44.2 Å². The molecule has 146 valence electrons. The van der Waals surface area contributed by atoms with E-state index in [1.165, 1.54) is 14.2 Å². The average Bonchev–Trinajstić information content (AvgIpc) is 2.60. The van der Waals surface area contributed by atoms with Crippen LogP contribution in [0.3, 0.4) is 0 Å². The summed E-state index contributed by atoms with van der Waals surface area (Å²) in [5.41, 5.74) is 0.907. The predicted octanol–water partition coefficient (Wildman–Crippen LogP) is 3.45. The summed E-state index contributed by atoms with van der Waals surface area (Å²) in [6.07, 6.45) is 0.969. The molecule has 0 bridgehead atoms. The van der Waals surface area contributed by atoms with Crippen molar-refractivity contribution in [2.45, 2.75) is 39.4 Å². The van der Waals surface area contributed by atoms with E-state index in [0.717, 1.165) is 5.56 Å². The number of carbonyl (C=O) groups is 2. The van der Waals surface area contributed by atoms with Crippen molar-refractivity contribution in [2.24, 2.45) is 11.8 Å². The molecule has 0 heterocycles. The summed E-state index contributed by atoms with van der Waals surface area (Å²) in [4.78, 5) is 24.2. The Bertz CT molecular complexity index is 632. The van der Waals surface area contributed by atoms with Gasteiger partial charge in [-0.3, -0.25) is 9.36 Å². The van der Waals surface area contributed by atoms with Crippen molar-refractivity contribution in [1.82, 2.24) is 5.32 Å². The van der Waals surface area contributed by atoms with Crippen LogP contribution < -0.4 is 5.32 Å². The fraction of sp³-hybridized carbons (Fsp3) is 0.579. The third-order valence-electron chi connectivity index (χ3n) is 4.14. The van der Waals surface area contributed by atoms with Crippen LogP contribution in [-0.2, 0) is 29.6 Å². The van der Waals surface area contributed by atoms with Gasteiger partial charge in [-0.1, -0.05) is 44.2 Å². The van der Waals surface area contributed by atoms with Crippen LogP contribution in [-0.4, -0.2) is 38.3 Å². The Morgan fingerprint density at radius 1 is 1.12 bits per heavy atom. The van der Waals surface area contributed by atoms with Gasteiger partial charge in [0, 0.05) is 25.4 Å². The van der Waals surface area contributed by atoms with Gasteiger partial charge in [0.2, 0.25) is 13.3 Å². The fourth-order valence-electron chi connectivity index (χ4n) is 2.80. The van der Waals surface area contributed by atoms with Gasteiger partial charge in [0.25, 0.3) is 0 Å². The first kappa shape index (κ1) is 22.4. The Balaban J connectivity index is 2.91. The lowest BCUT2D eigenvalue weighted by Crippen LogP contribution is -2.43. The fourth-order valence-corrected chi connectivity index (χ4v) is 4.96. The number of esters is 1. The minimum atomic E-state index is -3.04. The molecule has 1 rings (SSSR count). The second-order valence-corrected chi connectivity index (χ2v) is 9.58. The molecule has 0 aliphatic rings. The lowest BCUT2D eigenvalue weighted by Gasteiger charge is -2.25. The van der Waals surface area contributed by atoms with E-state index in [2.05, 4.69) is 10.1 Å². The minimum absolute atomic E-state index is 0.135. The van der Waals surface area contributed by atoms with Crippen molar-refractivity contribution in [1.29, 1.82) is 0 Å². The first-order chi connectivity index (χ1) is 12.2. The van der Waals surface area contributed by atoms with Gasteiger partial charge in [-0.05, 0) is 24.8 Å². The summed E-state index contributed by atoms with van der Waals surface area (Å²) < 4.78 is 23.2. The maximum absolute atomic E-state index is 13.2. The second kappa shape index (κ2) is 10.5. The number of hydrogen-bond acceptors (Lipinski definition) is 5. The molecule has 0 saturated carbocycles. The van der Waals surface area contributed by atoms with Crippen LogP contribution in [0.2, 0.25) is 0 Å². The van der Waals surface area contributed by atoms with Crippen molar-refractivity contribution in [3.05, 3.63) is 35.9 Å². The molecule has 0 aliphatic heterocycles. The second-order valence-electron chi connectivity index (χ2n) is 6.90. The van der Waals surface area contributed by atoms with Gasteiger partial charge >= 0.3 is 5.97 Å². The molecule has 6 nitrogen and oxygen atoms in total. The number of carbonyl (C=O) groups excluding carboxylic acids is 2. The molecule has 1 N–H and O–H groups in total. The molecule has 7 heteroatoms. The highest BCUT2D eigenvalue weighted by Gasteiger charge is 2.32. The van der Waals surface area contributed by atoms with Crippen molar-refractivity contribution >= 4 is 19.2 Å². The molecule has 0 aromatic heterocycles. The molecular formula is C19H30NO5P. The number of rotatable bonds is 10. The average molecular weight is 383 g/mol. The van der Waals surface area contributed by atoms with Crippen LogP contribution in [0.15, 0.2) is 30.3 Å². The zero-order valence-electron chi connectivity index (χ0n) is 16.2. The van der Waals surface area contributed by atoms with Crippen molar-refractivity contribution in [3.8, 4) is 0 Å². The summed E-state index contributed by atoms with van der Waals surface area (Å²) in [6.45, 7) is 5.56. The highest BCUT2D eigenvalue weighted by molar-refractivity contribution is 7.58. The molecule has 0 spiro atoms. The summed E-state index contributed by atoms with van der Waals surface area (Å²) in [7, 11) is -0.344. The number of hydrogen-bond donors (Lipinski definition) is 1. The van der Waals surface area contributed by atoms with Gasteiger partial charge in [-0.25, -0.2) is 4.79 Å². The molecule has 2 unspecified atom stereocenters. The van der Waals surface area contributed by atoms with E-state index in [-0.39, 0.29) is 24.1 Å². The van der Waals surface area contributed by atoms with Crippen LogP contribution in [0, 0.1) is 11.8 Å². The number of ether oxygens (including phenoxy) is 1. The first-order valence-corrected chi connectivity index (χ1v) is 10.8. The molecule has 0 radical (unpaired) electrons. The van der Waals surface area contributed by atoms with E-state index in [0.29, 0.717) is 6.42 Å². The minimum Gasteiger partial charge on any atom is -0.467 e. The third-order valence-corrected chi connectivity index (χ3v) is 6.65. The smallest absolute Gasteiger partial charge is 0.328 e. The molecular weight excluding hydrogens is 353 g/mol. The van der Waals surface area contributed by atoms with Crippen molar-refractivity contribution in [2.75, 3.05) is 20.4 Å². The van der Waals surface area contributed by atoms with E-state index in [9.17, 15) is 14.2 Å². The molecule has 3 atom stereocenters. The number of nitrogens with one attached hydrogen (secondary N) is 1. The molecule has 26 heavy (non-hydrogen) atoms. The van der Waals surface area contributed by atoms with E-state index in [1.54, 1.807) is 6.92 Å². The maximum Gasteiger partial charge on any atom is 0.328 e. The van der Waals surface area contributed by atoms with Crippen molar-refractivity contribution < 1.29 is 23.4 Å². The Morgan fingerprint density at radius 3 is 2.23 bits per heavy atom. The third kappa shape index (κ3) is 7.30. The van der Waals surface area contributed by atoms with Crippen LogP contribution in [0.5, 0.6) is 0 Å². The molecule has 0 fully saturated rings. The standard InChI is InChI=1S/C19H30NO5P/c1-14(2)11-17(18(21)20-15(3)19(22)24-4)13-26(23,25-5)12-16-9-7-6-8-10-16/h6-10,14-15,17H,11-13H2,1-5H3,(H,20,21)/t15-,17?,26?/m0/s1. The van der Waals surface area contributed by atoms with Crippen LogP contribution >= 0.6 is 7.37 Å². The normalized spacial score (nSPS) is 15.8. The Kier molecular flexibility index (Phi) is 9.03. The molecule has 0 saturated heterocycles. The molecule has 0 aliphatic carbocycles. The highest BCUT2D eigenvalue weighted by atomic mass is 31.2. The number of methoxy groups -OCH3 is 1. The Hall–Kier alpha value is -1.65. The zero-order chi connectivity index (χ0) is 19.7. The lowest BCUT2D eigenvalue weighted by molar-refractivity contribution is -0.145. The molecule has 1 aromatic carbocycles. The summed E-state index contributed by atoms with van der Waals surface area (Å²) in [6, 6.07) is 8.69. The Morgan fingerprint density at radius 2 is 1.73 bits per heavy atom. The van der Waals surface area contributed by atoms with Gasteiger partial charge in [-0.15, -0.1) is 0 Å². The van der Waals surface area contributed by atoms with Crippen LogP contribution in [0.25, 0.3) is 0 Å². The van der Waals surface area contributed by atoms with Crippen LogP contribution in [0.4, 0.5) is 0 Å². The van der Waals surface area contributed by atoms with Crippen molar-refractivity contribution in [3.63, 3.8) is 0 Å². The Labute approximate surface area is 156 Å². The van der Waals surface area contributed by atoms with E-state index in [4.69, 9.17) is 4.52 Å². The number of benzene rings is 1. The van der Waals surface area contributed by atoms with Gasteiger partial charge < -0.3 is 14.6 Å². The monoisotopic (exact) mass is 383 g/mol. The first-order valence-electron chi connectivity index (χ1n) is 8.76. The van der Waals surface area contributed by atoms with Gasteiger partial charge in [-0.2, -0.15) is 0 Å². The van der Waals surface area contributed by atoms with Crippen LogP contribution in [0.1, 0.15) is 32.8 Å². The number of amides is 1. The van der Waals surface area contributed by atoms with E-state index < -0.39 is 25.3 Å². The molecule has 1 amide bonds. The predicted molar refractivity (Wildman–Crippen MR) is 102 cm³/mol. The van der Waals surface area contributed by atoms with E-state index >= 15 is 0 Å². The van der Waals surface area contributed by atoms with Gasteiger partial charge in [0.15, 0.2) is 0 Å². The topological polar surface area (TPSA) is 81.7 Å². The summed E-state index contributed by atoms with van der Waals surface area (Å²) in [5.74, 6) is -1.08. The summed E-state index contributed by atoms with van der Waals surface area (Å²) in [5, 5.41) is 2.66. The highest BCUT2D eigenvalue weighted by Crippen LogP contribution is 2.51. The van der Waals surface area contributed by atoms with Gasteiger partial charge in [0.1, 0.15) is 6.04 Å². The SMILES string of the molecule is COC(=O)[C@H](C)NC(=O)C(CC(C)C)CP(=O)(Cc1ccccc1)OC.